The largest absolute Gasteiger partial charge is 0.446 e. The van der Waals surface area contributed by atoms with Crippen LogP contribution in [0.4, 0.5) is 5.69 Å². The van der Waals surface area contributed by atoms with Crippen LogP contribution in [0.2, 0.25) is 0 Å². The molecule has 4 heteroatoms. The summed E-state index contributed by atoms with van der Waals surface area (Å²) in [7, 11) is 0. The fraction of sp³-hybridized carbons (Fsp3) is 0.263. The van der Waals surface area contributed by atoms with Gasteiger partial charge in [0.1, 0.15) is 6.04 Å². The molecule has 3 rings (SSSR count). The molecule has 2 aromatic rings. The van der Waals surface area contributed by atoms with E-state index in [4.69, 9.17) is 4.74 Å². The minimum Gasteiger partial charge on any atom is -0.446 e. The van der Waals surface area contributed by atoms with Crippen molar-refractivity contribution in [1.29, 1.82) is 0 Å². The molecule has 0 aromatic heterocycles. The van der Waals surface area contributed by atoms with Crippen molar-refractivity contribution in [2.45, 2.75) is 31.9 Å². The fourth-order valence-electron chi connectivity index (χ4n) is 3.26. The van der Waals surface area contributed by atoms with Crippen LogP contribution in [0.25, 0.3) is 0 Å². The van der Waals surface area contributed by atoms with Crippen LogP contribution in [0.1, 0.15) is 31.9 Å². The van der Waals surface area contributed by atoms with Crippen LogP contribution in [0.3, 0.4) is 0 Å². The summed E-state index contributed by atoms with van der Waals surface area (Å²) in [5.41, 5.74) is 0.643. The second-order valence-corrected chi connectivity index (χ2v) is 5.66. The first-order chi connectivity index (χ1) is 11.1. The van der Waals surface area contributed by atoms with E-state index in [1.165, 1.54) is 6.92 Å². The molecule has 2 atom stereocenters. The summed E-state index contributed by atoms with van der Waals surface area (Å²) in [4.78, 5) is 26.2. The predicted molar refractivity (Wildman–Crippen MR) is 87.9 cm³/mol. The van der Waals surface area contributed by atoms with Crippen molar-refractivity contribution >= 4 is 17.6 Å². The Bertz CT molecular complexity index is 714. The van der Waals surface area contributed by atoms with Crippen molar-refractivity contribution in [2.24, 2.45) is 0 Å². The van der Waals surface area contributed by atoms with E-state index in [1.807, 2.05) is 67.6 Å². The first-order valence-corrected chi connectivity index (χ1v) is 7.73. The minimum absolute atomic E-state index is 0.171. The molecule has 1 aliphatic rings. The van der Waals surface area contributed by atoms with Gasteiger partial charge in [0.2, 0.25) is 5.60 Å². The third-order valence-electron chi connectivity index (χ3n) is 4.28. The zero-order valence-electron chi connectivity index (χ0n) is 13.2. The maximum absolute atomic E-state index is 12.9. The van der Waals surface area contributed by atoms with E-state index in [0.29, 0.717) is 6.42 Å². The number of para-hydroxylation sites is 1. The quantitative estimate of drug-likeness (QED) is 0.641. The molecule has 0 spiro atoms. The highest BCUT2D eigenvalue weighted by atomic mass is 16.6. The van der Waals surface area contributed by atoms with Gasteiger partial charge < -0.3 is 4.74 Å². The second kappa shape index (κ2) is 5.88. The van der Waals surface area contributed by atoms with E-state index >= 15 is 0 Å². The lowest BCUT2D eigenvalue weighted by molar-refractivity contribution is -0.179. The summed E-state index contributed by atoms with van der Waals surface area (Å²) in [5, 5.41) is 0. The van der Waals surface area contributed by atoms with Crippen LogP contribution in [-0.2, 0) is 14.3 Å². The summed E-state index contributed by atoms with van der Waals surface area (Å²) in [6, 6.07) is 18.9. The van der Waals surface area contributed by atoms with Crippen molar-refractivity contribution in [1.82, 2.24) is 0 Å². The molecule has 0 bridgehead atoms. The van der Waals surface area contributed by atoms with Crippen LogP contribution in [0.5, 0.6) is 0 Å². The highest BCUT2D eigenvalue weighted by Crippen LogP contribution is 2.50. The number of rotatable bonds is 4. The minimum atomic E-state index is -1.12. The van der Waals surface area contributed by atoms with Gasteiger partial charge in [-0.05, 0) is 24.1 Å². The van der Waals surface area contributed by atoms with Gasteiger partial charge in [-0.15, -0.1) is 0 Å². The number of ether oxygens (including phenoxy) is 1. The van der Waals surface area contributed by atoms with Crippen molar-refractivity contribution in [3.05, 3.63) is 66.2 Å². The van der Waals surface area contributed by atoms with Gasteiger partial charge in [0, 0.05) is 12.6 Å². The summed E-state index contributed by atoms with van der Waals surface area (Å²) in [6.45, 7) is 3.22. The Morgan fingerprint density at radius 3 is 2.17 bits per heavy atom. The van der Waals surface area contributed by atoms with Gasteiger partial charge in [-0.25, -0.2) is 0 Å². The maximum Gasteiger partial charge on any atom is 0.303 e. The lowest BCUT2D eigenvalue weighted by Gasteiger charge is -2.54. The van der Waals surface area contributed by atoms with Crippen LogP contribution in [0.15, 0.2) is 60.7 Å². The molecule has 0 saturated carbocycles. The van der Waals surface area contributed by atoms with Gasteiger partial charge in [0.05, 0.1) is 0 Å². The number of nitrogens with zero attached hydrogens (tertiary/aromatic N) is 1. The molecule has 4 nitrogen and oxygen atoms in total. The summed E-state index contributed by atoms with van der Waals surface area (Å²) < 4.78 is 5.52. The number of carbonyl (C=O) groups is 2. The molecule has 1 saturated heterocycles. The Morgan fingerprint density at radius 2 is 1.65 bits per heavy atom. The molecule has 0 aliphatic carbocycles. The number of amides is 1. The van der Waals surface area contributed by atoms with E-state index in [1.54, 1.807) is 4.90 Å². The molecule has 0 radical (unpaired) electrons. The Labute approximate surface area is 135 Å². The summed E-state index contributed by atoms with van der Waals surface area (Å²) >= 11 is 0. The van der Waals surface area contributed by atoms with E-state index in [9.17, 15) is 9.59 Å². The molecule has 1 amide bonds. The number of hydrogen-bond acceptors (Lipinski definition) is 3. The second-order valence-electron chi connectivity index (χ2n) is 5.66. The van der Waals surface area contributed by atoms with E-state index in [0.717, 1.165) is 11.3 Å². The van der Waals surface area contributed by atoms with Crippen molar-refractivity contribution in [2.75, 3.05) is 4.90 Å². The number of esters is 1. The topological polar surface area (TPSA) is 46.6 Å². The molecule has 1 aliphatic heterocycles. The van der Waals surface area contributed by atoms with Gasteiger partial charge in [-0.2, -0.15) is 0 Å². The molecule has 2 unspecified atom stereocenters. The van der Waals surface area contributed by atoms with Gasteiger partial charge in [0.15, 0.2) is 0 Å². The molecule has 23 heavy (non-hydrogen) atoms. The number of benzene rings is 2. The van der Waals surface area contributed by atoms with Crippen LogP contribution < -0.4 is 4.90 Å². The summed E-state index contributed by atoms with van der Waals surface area (Å²) in [6.07, 6.45) is 0.439. The van der Waals surface area contributed by atoms with Crippen LogP contribution in [0, 0.1) is 0 Å². The normalized spacial score (nSPS) is 23.3. The average molecular weight is 309 g/mol. The first-order valence-electron chi connectivity index (χ1n) is 7.73. The molecular formula is C19H19NO3. The van der Waals surface area contributed by atoms with Crippen molar-refractivity contribution in [3.63, 3.8) is 0 Å². The molecular weight excluding hydrogens is 290 g/mol. The first kappa shape index (κ1) is 15.3. The number of carbonyl (C=O) groups excluding carboxylic acids is 2. The predicted octanol–water partition coefficient (Wildman–Crippen LogP) is 3.49. The third-order valence-corrected chi connectivity index (χ3v) is 4.28. The molecule has 1 heterocycles. The Balaban J connectivity index is 2.08. The van der Waals surface area contributed by atoms with Gasteiger partial charge >= 0.3 is 5.97 Å². The Hall–Kier alpha value is -2.62. The highest BCUT2D eigenvalue weighted by molar-refractivity contribution is 6.09. The van der Waals surface area contributed by atoms with Crippen LogP contribution >= 0.6 is 0 Å². The zero-order chi connectivity index (χ0) is 16.4. The lowest BCUT2D eigenvalue weighted by Crippen LogP contribution is -2.70. The lowest BCUT2D eigenvalue weighted by atomic mass is 9.75. The highest BCUT2D eigenvalue weighted by Gasteiger charge is 2.63. The Morgan fingerprint density at radius 1 is 1.09 bits per heavy atom. The molecule has 1 fully saturated rings. The van der Waals surface area contributed by atoms with E-state index in [-0.39, 0.29) is 11.9 Å². The van der Waals surface area contributed by atoms with E-state index < -0.39 is 11.6 Å². The van der Waals surface area contributed by atoms with Gasteiger partial charge in [-0.1, -0.05) is 55.5 Å². The van der Waals surface area contributed by atoms with Gasteiger partial charge in [-0.3, -0.25) is 14.5 Å². The van der Waals surface area contributed by atoms with E-state index in [2.05, 4.69) is 0 Å². The van der Waals surface area contributed by atoms with Crippen molar-refractivity contribution < 1.29 is 14.3 Å². The monoisotopic (exact) mass is 309 g/mol. The summed E-state index contributed by atoms with van der Waals surface area (Å²) in [5.74, 6) is -0.607. The molecule has 2 aromatic carbocycles. The Kier molecular flexibility index (Phi) is 3.90. The molecule has 0 N–H and O–H groups in total. The SMILES string of the molecule is CCC1(OC(C)=O)C(=O)N(c2ccccc2)C1c1ccccc1. The van der Waals surface area contributed by atoms with Crippen LogP contribution in [-0.4, -0.2) is 17.5 Å². The maximum atomic E-state index is 12.9. The average Bonchev–Trinajstić information content (AvgIpc) is 2.58. The number of β-lactam (4-membered cyclic amide) rings is 1. The third kappa shape index (κ3) is 2.40. The smallest absolute Gasteiger partial charge is 0.303 e. The molecule has 118 valence electrons. The van der Waals surface area contributed by atoms with Gasteiger partial charge in [0.25, 0.3) is 5.91 Å². The number of anilines is 1. The standard InChI is InChI=1S/C19H19NO3/c1-3-19(23-14(2)21)17(15-10-6-4-7-11-15)20(18(19)22)16-12-8-5-9-13-16/h4-13,17H,3H2,1-2H3. The van der Waals surface area contributed by atoms with Crippen molar-refractivity contribution in [3.8, 4) is 0 Å². The fourth-order valence-corrected chi connectivity index (χ4v) is 3.26. The number of hydrogen-bond donors (Lipinski definition) is 0. The zero-order valence-corrected chi connectivity index (χ0v) is 13.2.